The van der Waals surface area contributed by atoms with Gasteiger partial charge in [-0.05, 0) is 86.2 Å². The molecule has 4 rings (SSSR count). The van der Waals surface area contributed by atoms with Crippen molar-refractivity contribution in [3.8, 4) is 0 Å². The molecule has 54 heavy (non-hydrogen) atoms. The molecule has 0 bridgehead atoms. The molecule has 2 amide bonds. The van der Waals surface area contributed by atoms with Crippen LogP contribution in [0.5, 0.6) is 0 Å². The van der Waals surface area contributed by atoms with E-state index >= 15 is 0 Å². The lowest BCUT2D eigenvalue weighted by Crippen LogP contribution is -2.49. The lowest BCUT2D eigenvalue weighted by atomic mass is 9.93. The molecule has 14 nitrogen and oxygen atoms in total. The van der Waals surface area contributed by atoms with Gasteiger partial charge in [0, 0.05) is 61.2 Å². The summed E-state index contributed by atoms with van der Waals surface area (Å²) in [6.45, 7) is 19.4. The number of aromatic nitrogens is 3. The molecule has 294 valence electrons. The molecule has 0 aromatic carbocycles. The van der Waals surface area contributed by atoms with Gasteiger partial charge < -0.3 is 19.3 Å². The van der Waals surface area contributed by atoms with Gasteiger partial charge in [0.2, 0.25) is 5.91 Å². The molecule has 4 heterocycles. The third-order valence-electron chi connectivity index (χ3n) is 8.32. The van der Waals surface area contributed by atoms with Gasteiger partial charge in [-0.25, -0.2) is 14.8 Å². The molecule has 1 N–H and O–H groups in total. The number of ether oxygens (including phenoxy) is 2. The van der Waals surface area contributed by atoms with E-state index in [0.717, 1.165) is 12.1 Å². The average Bonchev–Trinajstić information content (AvgIpc) is 3.53. The number of hydrogen-bond donors (Lipinski definition) is 1. The lowest BCUT2D eigenvalue weighted by Gasteiger charge is -2.36. The van der Waals surface area contributed by atoms with Crippen molar-refractivity contribution < 1.29 is 28.7 Å². The number of carbonyl (C=O) groups excluding carboxylic acids is 4. The highest BCUT2D eigenvalue weighted by molar-refractivity contribution is 7.14. The van der Waals surface area contributed by atoms with Gasteiger partial charge in [-0.1, -0.05) is 20.8 Å². The molecule has 1 aliphatic rings. The van der Waals surface area contributed by atoms with Crippen LogP contribution in [0.1, 0.15) is 103 Å². The maximum Gasteiger partial charge on any atom is 0.331 e. The average molecular weight is 766 g/mol. The van der Waals surface area contributed by atoms with Gasteiger partial charge in [0.05, 0.1) is 17.8 Å². The Kier molecular flexibility index (Phi) is 13.4. The minimum Gasteiger partial charge on any atom is -0.459 e. The fourth-order valence-corrected chi connectivity index (χ4v) is 6.59. The Morgan fingerprint density at radius 2 is 1.61 bits per heavy atom. The van der Waals surface area contributed by atoms with Crippen molar-refractivity contribution in [1.29, 1.82) is 0 Å². The zero-order chi connectivity index (χ0) is 40.0. The van der Waals surface area contributed by atoms with Crippen molar-refractivity contribution in [2.75, 3.05) is 56.5 Å². The Labute approximate surface area is 321 Å². The molecule has 3 aromatic rings. The molecule has 0 saturated carbocycles. The third kappa shape index (κ3) is 12.2. The largest absolute Gasteiger partial charge is 0.459 e. The van der Waals surface area contributed by atoms with E-state index in [4.69, 9.17) is 14.5 Å². The molecule has 0 atom stereocenters. The van der Waals surface area contributed by atoms with Gasteiger partial charge in [-0.15, -0.1) is 11.3 Å². The van der Waals surface area contributed by atoms with E-state index in [1.807, 2.05) is 63.8 Å². The molecular formula is C39H55N7O7S. The van der Waals surface area contributed by atoms with Gasteiger partial charge >= 0.3 is 11.9 Å². The van der Waals surface area contributed by atoms with Gasteiger partial charge in [0.15, 0.2) is 5.13 Å². The Bertz CT molecular complexity index is 1920. The zero-order valence-electron chi connectivity index (χ0n) is 33.3. The number of nitrogens with zero attached hydrogens (tertiary/aromatic N) is 6. The predicted molar refractivity (Wildman–Crippen MR) is 211 cm³/mol. The van der Waals surface area contributed by atoms with E-state index in [9.17, 15) is 24.0 Å². The molecule has 0 radical (unpaired) electrons. The Hall–Kier alpha value is -4.63. The normalized spacial score (nSPS) is 14.2. The first-order chi connectivity index (χ1) is 25.1. The van der Waals surface area contributed by atoms with Crippen LogP contribution in [-0.4, -0.2) is 105 Å². The highest BCUT2D eigenvalue weighted by atomic mass is 32.1. The molecule has 0 unspecified atom stereocenters. The minimum absolute atomic E-state index is 0.0338. The monoisotopic (exact) mass is 765 g/mol. The number of fused-ring (bicyclic) bond motifs is 1. The van der Waals surface area contributed by atoms with Crippen molar-refractivity contribution >= 4 is 57.8 Å². The molecule has 1 fully saturated rings. The van der Waals surface area contributed by atoms with Gasteiger partial charge in [-0.2, -0.15) is 0 Å². The quantitative estimate of drug-likeness (QED) is 0.148. The Balaban J connectivity index is 1.48. The van der Waals surface area contributed by atoms with Crippen LogP contribution in [0.25, 0.3) is 11.7 Å². The highest BCUT2D eigenvalue weighted by Gasteiger charge is 2.26. The predicted octanol–water partition coefficient (Wildman–Crippen LogP) is 5.15. The van der Waals surface area contributed by atoms with Gasteiger partial charge in [0.1, 0.15) is 22.7 Å². The van der Waals surface area contributed by atoms with Crippen LogP contribution in [0.2, 0.25) is 0 Å². The summed E-state index contributed by atoms with van der Waals surface area (Å²) in [5, 5.41) is 5.23. The molecule has 1 aliphatic heterocycles. The van der Waals surface area contributed by atoms with Crippen LogP contribution >= 0.6 is 11.3 Å². The first-order valence-corrected chi connectivity index (χ1v) is 19.2. The van der Waals surface area contributed by atoms with Crippen molar-refractivity contribution in [2.24, 2.45) is 0 Å². The van der Waals surface area contributed by atoms with Crippen molar-refractivity contribution in [1.82, 2.24) is 24.2 Å². The van der Waals surface area contributed by atoms with E-state index in [-0.39, 0.29) is 41.0 Å². The number of rotatable bonds is 12. The van der Waals surface area contributed by atoms with E-state index < -0.39 is 22.7 Å². The number of unbranched alkanes of at least 4 members (excludes halogenated alkanes) is 1. The SMILES string of the molecule is CN(CCCCC(=O)N1CCN(c2nc3cc(C(=O)Nc4nc(C(C)(C)C)cs4)ccn3c(=O)c2C=CC(=O)OC(C)(C)C)CC1)CC(=O)OC(C)(C)C. The van der Waals surface area contributed by atoms with Crippen molar-refractivity contribution in [2.45, 2.75) is 98.2 Å². The number of pyridine rings is 1. The summed E-state index contributed by atoms with van der Waals surface area (Å²) in [5.41, 5.74) is -0.243. The van der Waals surface area contributed by atoms with Gasteiger partial charge in [0.25, 0.3) is 11.5 Å². The number of anilines is 2. The number of piperazine rings is 1. The number of esters is 2. The van der Waals surface area contributed by atoms with Crippen molar-refractivity contribution in [3.05, 3.63) is 57.0 Å². The summed E-state index contributed by atoms with van der Waals surface area (Å²) >= 11 is 1.34. The number of likely N-dealkylation sites (N-methyl/N-ethyl adjacent to an activating group) is 1. The molecule has 0 aliphatic carbocycles. The van der Waals surface area contributed by atoms with E-state index in [2.05, 4.69) is 10.3 Å². The summed E-state index contributed by atoms with van der Waals surface area (Å²) in [6, 6.07) is 3.08. The summed E-state index contributed by atoms with van der Waals surface area (Å²) in [4.78, 5) is 80.1. The number of carbonyl (C=O) groups is 4. The van der Waals surface area contributed by atoms with Crippen LogP contribution in [0.15, 0.2) is 34.6 Å². The topological polar surface area (TPSA) is 156 Å². The first kappa shape index (κ1) is 42.1. The van der Waals surface area contributed by atoms with E-state index in [1.54, 1.807) is 31.7 Å². The second-order valence-electron chi connectivity index (χ2n) is 16.6. The number of nitrogens with one attached hydrogen (secondary N) is 1. The minimum atomic E-state index is -0.719. The number of hydrogen-bond acceptors (Lipinski definition) is 12. The second kappa shape index (κ2) is 17.2. The maximum absolute atomic E-state index is 13.9. The highest BCUT2D eigenvalue weighted by Crippen LogP contribution is 2.27. The van der Waals surface area contributed by atoms with Crippen LogP contribution < -0.4 is 15.8 Å². The van der Waals surface area contributed by atoms with Gasteiger partial charge in [-0.3, -0.25) is 33.8 Å². The molecule has 3 aromatic heterocycles. The smallest absolute Gasteiger partial charge is 0.331 e. The second-order valence-corrected chi connectivity index (χ2v) is 17.4. The maximum atomic E-state index is 13.9. The molecular weight excluding hydrogens is 711 g/mol. The molecule has 1 saturated heterocycles. The fraction of sp³-hybridized carbons (Fsp3) is 0.564. The summed E-state index contributed by atoms with van der Waals surface area (Å²) < 4.78 is 12.1. The third-order valence-corrected chi connectivity index (χ3v) is 9.08. The Morgan fingerprint density at radius 1 is 0.944 bits per heavy atom. The van der Waals surface area contributed by atoms with Crippen LogP contribution in [0.3, 0.4) is 0 Å². The fourth-order valence-electron chi connectivity index (χ4n) is 5.66. The molecule has 0 spiro atoms. The number of amides is 2. The number of thiazole rings is 1. The van der Waals surface area contributed by atoms with Crippen LogP contribution in [0.4, 0.5) is 10.9 Å². The van der Waals surface area contributed by atoms with Crippen LogP contribution in [-0.2, 0) is 29.3 Å². The van der Waals surface area contributed by atoms with E-state index in [0.29, 0.717) is 62.1 Å². The van der Waals surface area contributed by atoms with E-state index in [1.165, 1.54) is 40.2 Å². The zero-order valence-corrected chi connectivity index (χ0v) is 34.1. The molecule has 15 heteroatoms. The first-order valence-electron chi connectivity index (χ1n) is 18.3. The van der Waals surface area contributed by atoms with Crippen LogP contribution in [0, 0.1) is 0 Å². The summed E-state index contributed by atoms with van der Waals surface area (Å²) in [7, 11) is 1.86. The summed E-state index contributed by atoms with van der Waals surface area (Å²) in [5.74, 6) is -0.899. The standard InChI is InChI=1S/C39H55N7O7S/c1-37(2,3)28-25-54-36(40-28)42-34(50)26-16-18-46-29(23-26)41-33(27(35(46)51)14-15-31(48)52-38(4,5)6)45-21-19-44(20-22-45)30(47)13-11-12-17-43(10)24-32(49)53-39(7,8)9/h14-16,18,23,25H,11-13,17,19-22,24H2,1-10H3,(H,40,42,50). The van der Waals surface area contributed by atoms with Crippen molar-refractivity contribution in [3.63, 3.8) is 0 Å². The summed E-state index contributed by atoms with van der Waals surface area (Å²) in [6.07, 6.45) is 5.93. The lowest BCUT2D eigenvalue weighted by molar-refractivity contribution is -0.156. The Morgan fingerprint density at radius 3 is 2.22 bits per heavy atom.